The second kappa shape index (κ2) is 6.90. The molecule has 2 aromatic carbocycles. The first-order valence-corrected chi connectivity index (χ1v) is 6.84. The van der Waals surface area contributed by atoms with Gasteiger partial charge >= 0.3 is 0 Å². The van der Waals surface area contributed by atoms with Crippen LogP contribution in [0.4, 0.5) is 5.69 Å². The van der Waals surface area contributed by atoms with Crippen LogP contribution in [-0.4, -0.2) is 36.2 Å². The number of hydrogen-bond donors (Lipinski definition) is 2. The van der Waals surface area contributed by atoms with E-state index in [1.54, 1.807) is 18.2 Å². The van der Waals surface area contributed by atoms with Crippen LogP contribution in [0.15, 0.2) is 48.5 Å². The predicted octanol–water partition coefficient (Wildman–Crippen LogP) is 2.25. The normalized spacial score (nSPS) is 10.4. The number of Topliss-reactive ketones (excluding diaryl/α,β-unsaturated/α-hetero) is 1. The second-order valence-electron chi connectivity index (χ2n) is 4.94. The number of para-hydroxylation sites is 1. The summed E-state index contributed by atoms with van der Waals surface area (Å²) in [5.41, 5.74) is 2.25. The second-order valence-corrected chi connectivity index (χ2v) is 4.94. The molecular formula is C17H19NO3. The van der Waals surface area contributed by atoms with Crippen molar-refractivity contribution in [1.82, 2.24) is 0 Å². The highest BCUT2D eigenvalue weighted by atomic mass is 16.3. The maximum Gasteiger partial charge on any atom is 0.191 e. The number of hydrogen-bond acceptors (Lipinski definition) is 4. The molecule has 0 bridgehead atoms. The van der Waals surface area contributed by atoms with Crippen molar-refractivity contribution >= 4 is 11.5 Å². The molecule has 0 heterocycles. The van der Waals surface area contributed by atoms with E-state index in [0.717, 1.165) is 24.2 Å². The quantitative estimate of drug-likeness (QED) is 0.799. The fraction of sp³-hybridized carbons (Fsp3) is 0.235. The van der Waals surface area contributed by atoms with Gasteiger partial charge in [-0.25, -0.2) is 0 Å². The Bertz CT molecular complexity index is 611. The Kier molecular flexibility index (Phi) is 4.95. The molecule has 110 valence electrons. The number of aromatic hydroxyl groups is 1. The van der Waals surface area contributed by atoms with Crippen molar-refractivity contribution in [1.29, 1.82) is 0 Å². The van der Waals surface area contributed by atoms with Crippen molar-refractivity contribution in [3.8, 4) is 5.75 Å². The molecule has 0 fully saturated rings. The topological polar surface area (TPSA) is 60.8 Å². The number of aliphatic hydroxyl groups excluding tert-OH is 1. The summed E-state index contributed by atoms with van der Waals surface area (Å²) in [6.45, 7) is 0.209. The van der Waals surface area contributed by atoms with Crippen molar-refractivity contribution < 1.29 is 15.0 Å². The summed E-state index contributed by atoms with van der Waals surface area (Å²) in [7, 11) is 2.01. The van der Waals surface area contributed by atoms with Crippen LogP contribution in [0.2, 0.25) is 0 Å². The molecule has 0 saturated carbocycles. The van der Waals surface area contributed by atoms with E-state index in [1.807, 2.05) is 37.4 Å². The van der Waals surface area contributed by atoms with Crippen LogP contribution < -0.4 is 4.90 Å². The van der Waals surface area contributed by atoms with Gasteiger partial charge in [0, 0.05) is 19.3 Å². The van der Waals surface area contributed by atoms with Crippen LogP contribution in [-0.2, 0) is 6.42 Å². The molecule has 2 aromatic rings. The van der Waals surface area contributed by atoms with Gasteiger partial charge in [0.1, 0.15) is 12.4 Å². The molecule has 2 N–H and O–H groups in total. The monoisotopic (exact) mass is 285 g/mol. The summed E-state index contributed by atoms with van der Waals surface area (Å²) >= 11 is 0. The molecule has 0 amide bonds. The molecule has 4 heteroatoms. The number of phenols is 1. The number of carbonyl (C=O) groups is 1. The van der Waals surface area contributed by atoms with E-state index < -0.39 is 12.4 Å². The first-order chi connectivity index (χ1) is 10.1. The van der Waals surface area contributed by atoms with Gasteiger partial charge in [-0.3, -0.25) is 4.79 Å². The minimum atomic E-state index is -0.594. The number of ketones is 1. The third-order valence-corrected chi connectivity index (χ3v) is 3.44. The number of phenolic OH excluding ortho intramolecular Hbond substituents is 1. The molecule has 0 saturated heterocycles. The van der Waals surface area contributed by atoms with Crippen LogP contribution >= 0.6 is 0 Å². The van der Waals surface area contributed by atoms with Crippen LogP contribution in [0.3, 0.4) is 0 Å². The molecule has 0 atom stereocenters. The first kappa shape index (κ1) is 15.1. The highest BCUT2D eigenvalue weighted by Gasteiger charge is 2.10. The Balaban J connectivity index is 2.01. The Labute approximate surface area is 124 Å². The fourth-order valence-corrected chi connectivity index (χ4v) is 2.16. The fourth-order valence-electron chi connectivity index (χ4n) is 2.16. The van der Waals surface area contributed by atoms with Crippen LogP contribution in [0.5, 0.6) is 5.75 Å². The molecule has 4 nitrogen and oxygen atoms in total. The number of nitrogens with zero attached hydrogens (tertiary/aromatic N) is 1. The van der Waals surface area contributed by atoms with Crippen LogP contribution in [0.1, 0.15) is 15.9 Å². The Morgan fingerprint density at radius 2 is 1.86 bits per heavy atom. The number of aliphatic hydroxyl groups is 1. The van der Waals surface area contributed by atoms with E-state index in [2.05, 4.69) is 4.90 Å². The van der Waals surface area contributed by atoms with E-state index in [0.29, 0.717) is 0 Å². The Hall–Kier alpha value is -2.33. The summed E-state index contributed by atoms with van der Waals surface area (Å²) in [5.74, 6) is -0.547. The van der Waals surface area contributed by atoms with Crippen LogP contribution in [0, 0.1) is 0 Å². The van der Waals surface area contributed by atoms with Crippen molar-refractivity contribution in [3.63, 3.8) is 0 Å². The van der Waals surface area contributed by atoms with Crippen molar-refractivity contribution in [3.05, 3.63) is 59.7 Å². The molecule has 0 unspecified atom stereocenters. The Morgan fingerprint density at radius 3 is 2.48 bits per heavy atom. The van der Waals surface area contributed by atoms with Gasteiger partial charge in [0.25, 0.3) is 0 Å². The largest absolute Gasteiger partial charge is 0.507 e. The number of anilines is 1. The van der Waals surface area contributed by atoms with Crippen molar-refractivity contribution in [2.45, 2.75) is 6.42 Å². The van der Waals surface area contributed by atoms with E-state index >= 15 is 0 Å². The average molecular weight is 285 g/mol. The van der Waals surface area contributed by atoms with Gasteiger partial charge in [-0.15, -0.1) is 0 Å². The smallest absolute Gasteiger partial charge is 0.191 e. The number of carbonyl (C=O) groups excluding carboxylic acids is 1. The van der Waals surface area contributed by atoms with Gasteiger partial charge in [-0.05, 0) is 36.2 Å². The standard InChI is InChI=1S/C17H19NO3/c1-18(14-5-3-2-4-6-14)10-9-13-7-8-15(16(20)11-13)17(21)12-19/h2-8,11,19-20H,9-10,12H2,1H3. The molecule has 0 aromatic heterocycles. The zero-order chi connectivity index (χ0) is 15.2. The van der Waals surface area contributed by atoms with Gasteiger partial charge in [0.05, 0.1) is 5.56 Å². The lowest BCUT2D eigenvalue weighted by atomic mass is 10.0. The first-order valence-electron chi connectivity index (χ1n) is 6.84. The lowest BCUT2D eigenvalue weighted by Gasteiger charge is -2.19. The predicted molar refractivity (Wildman–Crippen MR) is 82.9 cm³/mol. The van der Waals surface area contributed by atoms with E-state index in [-0.39, 0.29) is 11.3 Å². The lowest BCUT2D eigenvalue weighted by Crippen LogP contribution is -2.20. The lowest BCUT2D eigenvalue weighted by molar-refractivity contribution is 0.0901. The van der Waals surface area contributed by atoms with Gasteiger partial charge in [0.15, 0.2) is 5.78 Å². The third-order valence-electron chi connectivity index (χ3n) is 3.44. The highest BCUT2D eigenvalue weighted by molar-refractivity contribution is 5.99. The summed E-state index contributed by atoms with van der Waals surface area (Å²) in [6.07, 6.45) is 0.756. The summed E-state index contributed by atoms with van der Waals surface area (Å²) in [5, 5.41) is 18.6. The number of benzene rings is 2. The van der Waals surface area contributed by atoms with Gasteiger partial charge in [-0.1, -0.05) is 24.3 Å². The average Bonchev–Trinajstić information content (AvgIpc) is 2.52. The molecular weight excluding hydrogens is 266 g/mol. The number of likely N-dealkylation sites (N-methyl/N-ethyl adjacent to an activating group) is 1. The molecule has 21 heavy (non-hydrogen) atoms. The van der Waals surface area contributed by atoms with Crippen LogP contribution in [0.25, 0.3) is 0 Å². The summed E-state index contributed by atoms with van der Waals surface area (Å²) in [4.78, 5) is 13.5. The molecule has 0 spiro atoms. The zero-order valence-corrected chi connectivity index (χ0v) is 12.0. The molecule has 0 aliphatic heterocycles. The Morgan fingerprint density at radius 1 is 1.14 bits per heavy atom. The van der Waals surface area contributed by atoms with Crippen molar-refractivity contribution in [2.75, 3.05) is 25.1 Å². The summed E-state index contributed by atoms with van der Waals surface area (Å²) in [6, 6.07) is 15.0. The van der Waals surface area contributed by atoms with Gasteiger partial charge in [-0.2, -0.15) is 0 Å². The maximum absolute atomic E-state index is 11.4. The minimum Gasteiger partial charge on any atom is -0.507 e. The van der Waals surface area contributed by atoms with Gasteiger partial charge in [0.2, 0.25) is 0 Å². The molecule has 0 radical (unpaired) electrons. The SMILES string of the molecule is CN(CCc1ccc(C(=O)CO)c(O)c1)c1ccccc1. The molecule has 2 rings (SSSR count). The molecule has 0 aliphatic carbocycles. The van der Waals surface area contributed by atoms with Gasteiger partial charge < -0.3 is 15.1 Å². The third kappa shape index (κ3) is 3.83. The van der Waals surface area contributed by atoms with E-state index in [4.69, 9.17) is 5.11 Å². The van der Waals surface area contributed by atoms with E-state index in [9.17, 15) is 9.90 Å². The minimum absolute atomic E-state index is 0.0751. The van der Waals surface area contributed by atoms with Crippen molar-refractivity contribution in [2.24, 2.45) is 0 Å². The highest BCUT2D eigenvalue weighted by Crippen LogP contribution is 2.20. The maximum atomic E-state index is 11.4. The molecule has 0 aliphatic rings. The number of rotatable bonds is 6. The zero-order valence-electron chi connectivity index (χ0n) is 12.0. The van der Waals surface area contributed by atoms with E-state index in [1.165, 1.54) is 0 Å². The summed E-state index contributed by atoms with van der Waals surface area (Å²) < 4.78 is 0.